The van der Waals surface area contributed by atoms with Crippen LogP contribution in [0.25, 0.3) is 0 Å². The molecular formula is C14H18ClNO3S. The van der Waals surface area contributed by atoms with E-state index < -0.39 is 15.3 Å². The van der Waals surface area contributed by atoms with Crippen molar-refractivity contribution in [3.05, 3.63) is 34.9 Å². The van der Waals surface area contributed by atoms with E-state index in [1.54, 1.807) is 19.1 Å². The third-order valence-electron chi connectivity index (χ3n) is 3.51. The lowest BCUT2D eigenvalue weighted by atomic mass is 9.95. The molecule has 1 amide bonds. The summed E-state index contributed by atoms with van der Waals surface area (Å²) in [6.07, 6.45) is 2.74. The van der Waals surface area contributed by atoms with Gasteiger partial charge in [-0.2, -0.15) is 0 Å². The molecule has 1 saturated carbocycles. The van der Waals surface area contributed by atoms with Gasteiger partial charge in [0.15, 0.2) is 0 Å². The fourth-order valence-corrected chi connectivity index (χ4v) is 3.52. The predicted molar refractivity (Wildman–Crippen MR) is 79.7 cm³/mol. The normalized spacial score (nSPS) is 18.4. The van der Waals surface area contributed by atoms with Crippen LogP contribution in [-0.2, 0) is 20.0 Å². The van der Waals surface area contributed by atoms with Crippen molar-refractivity contribution in [2.75, 3.05) is 12.0 Å². The maximum absolute atomic E-state index is 12.4. The Morgan fingerprint density at radius 1 is 1.35 bits per heavy atom. The minimum atomic E-state index is -3.10. The van der Waals surface area contributed by atoms with Crippen molar-refractivity contribution in [2.45, 2.75) is 31.2 Å². The highest BCUT2D eigenvalue weighted by molar-refractivity contribution is 7.90. The van der Waals surface area contributed by atoms with E-state index in [1.165, 1.54) is 6.26 Å². The van der Waals surface area contributed by atoms with E-state index in [1.807, 2.05) is 12.1 Å². The average Bonchev–Trinajstić information content (AvgIpc) is 3.08. The Morgan fingerprint density at radius 3 is 2.35 bits per heavy atom. The number of sulfone groups is 1. The molecule has 0 radical (unpaired) electrons. The zero-order valence-corrected chi connectivity index (χ0v) is 13.1. The van der Waals surface area contributed by atoms with Gasteiger partial charge >= 0.3 is 0 Å². The van der Waals surface area contributed by atoms with E-state index in [0.717, 1.165) is 18.4 Å². The van der Waals surface area contributed by atoms with E-state index in [2.05, 4.69) is 5.32 Å². The molecule has 1 aliphatic carbocycles. The van der Waals surface area contributed by atoms with Crippen LogP contribution in [0.4, 0.5) is 0 Å². The largest absolute Gasteiger partial charge is 0.352 e. The van der Waals surface area contributed by atoms with Gasteiger partial charge in [0.25, 0.3) is 0 Å². The highest BCUT2D eigenvalue weighted by Crippen LogP contribution is 2.48. The number of hydrogen-bond acceptors (Lipinski definition) is 3. The van der Waals surface area contributed by atoms with Crippen LogP contribution < -0.4 is 5.32 Å². The molecule has 2 rings (SSSR count). The molecule has 0 unspecified atom stereocenters. The summed E-state index contributed by atoms with van der Waals surface area (Å²) in [4.78, 5) is 12.4. The first-order chi connectivity index (χ1) is 9.23. The molecular weight excluding hydrogens is 298 g/mol. The summed E-state index contributed by atoms with van der Waals surface area (Å²) < 4.78 is 22.5. The van der Waals surface area contributed by atoms with Gasteiger partial charge in [-0.3, -0.25) is 4.79 Å². The number of halogens is 1. The van der Waals surface area contributed by atoms with Gasteiger partial charge in [0.1, 0.15) is 9.84 Å². The Bertz CT molecular complexity index is 606. The number of carbonyl (C=O) groups excluding carboxylic acids is 1. The van der Waals surface area contributed by atoms with Crippen molar-refractivity contribution in [1.29, 1.82) is 0 Å². The van der Waals surface area contributed by atoms with Crippen LogP contribution >= 0.6 is 11.6 Å². The van der Waals surface area contributed by atoms with Crippen molar-refractivity contribution in [1.82, 2.24) is 5.32 Å². The van der Waals surface area contributed by atoms with Gasteiger partial charge in [0.2, 0.25) is 5.91 Å². The molecule has 1 aromatic rings. The minimum absolute atomic E-state index is 0.0462. The Kier molecular flexibility index (Phi) is 4.12. The first-order valence-electron chi connectivity index (χ1n) is 6.48. The first kappa shape index (κ1) is 15.3. The molecule has 1 aromatic carbocycles. The Morgan fingerprint density at radius 2 is 1.90 bits per heavy atom. The average molecular weight is 316 g/mol. The summed E-state index contributed by atoms with van der Waals surface area (Å²) in [6, 6.07) is 6.86. The smallest absolute Gasteiger partial charge is 0.230 e. The summed E-state index contributed by atoms with van der Waals surface area (Å²) in [5.74, 6) is -0.147. The lowest BCUT2D eigenvalue weighted by Gasteiger charge is -2.19. The molecule has 6 heteroatoms. The monoisotopic (exact) mass is 315 g/mol. The highest BCUT2D eigenvalue weighted by Gasteiger charge is 2.51. The molecule has 1 fully saturated rings. The van der Waals surface area contributed by atoms with E-state index in [-0.39, 0.29) is 17.7 Å². The van der Waals surface area contributed by atoms with E-state index in [4.69, 9.17) is 11.6 Å². The number of hydrogen-bond donors (Lipinski definition) is 1. The van der Waals surface area contributed by atoms with E-state index in [9.17, 15) is 13.2 Å². The van der Waals surface area contributed by atoms with Crippen LogP contribution in [0.3, 0.4) is 0 Å². The second kappa shape index (κ2) is 5.37. The van der Waals surface area contributed by atoms with Crippen molar-refractivity contribution in [3.63, 3.8) is 0 Å². The maximum atomic E-state index is 12.4. The minimum Gasteiger partial charge on any atom is -0.352 e. The molecule has 0 aliphatic heterocycles. The van der Waals surface area contributed by atoms with Crippen molar-refractivity contribution >= 4 is 27.3 Å². The summed E-state index contributed by atoms with van der Waals surface area (Å²) in [5, 5.41) is 3.44. The molecule has 0 aromatic heterocycles. The summed E-state index contributed by atoms with van der Waals surface area (Å²) in [7, 11) is -3.10. The lowest BCUT2D eigenvalue weighted by molar-refractivity contribution is -0.124. The molecule has 0 spiro atoms. The quantitative estimate of drug-likeness (QED) is 0.903. The molecule has 0 heterocycles. The maximum Gasteiger partial charge on any atom is 0.230 e. The topological polar surface area (TPSA) is 63.2 Å². The second-order valence-electron chi connectivity index (χ2n) is 5.56. The fourth-order valence-electron chi connectivity index (χ4n) is 2.40. The van der Waals surface area contributed by atoms with Crippen LogP contribution in [0.5, 0.6) is 0 Å². The van der Waals surface area contributed by atoms with Crippen LogP contribution in [0.1, 0.15) is 25.3 Å². The molecule has 0 bridgehead atoms. The molecule has 4 nitrogen and oxygen atoms in total. The van der Waals surface area contributed by atoms with Crippen molar-refractivity contribution in [3.8, 4) is 0 Å². The molecule has 0 saturated heterocycles. The SMILES string of the molecule is C[C@H](CS(C)(=O)=O)NC(=O)C1(c2ccc(Cl)cc2)CC1. The van der Waals surface area contributed by atoms with Gasteiger partial charge < -0.3 is 5.32 Å². The molecule has 1 N–H and O–H groups in total. The molecule has 1 atom stereocenters. The third kappa shape index (κ3) is 3.52. The fraction of sp³-hybridized carbons (Fsp3) is 0.500. The Balaban J connectivity index is 2.07. The lowest BCUT2D eigenvalue weighted by Crippen LogP contribution is -2.43. The van der Waals surface area contributed by atoms with Gasteiger partial charge in [-0.15, -0.1) is 0 Å². The summed E-state index contributed by atoms with van der Waals surface area (Å²) in [5.41, 5.74) is 0.432. The molecule has 20 heavy (non-hydrogen) atoms. The standard InChI is InChI=1S/C14H18ClNO3S/c1-10(9-20(2,18)19)16-13(17)14(7-8-14)11-3-5-12(15)6-4-11/h3-6,10H,7-9H2,1-2H3,(H,16,17)/t10-/m1/s1. The number of amides is 1. The molecule has 110 valence electrons. The van der Waals surface area contributed by atoms with Crippen molar-refractivity contribution in [2.24, 2.45) is 0 Å². The predicted octanol–water partition coefficient (Wildman–Crippen LogP) is 1.92. The van der Waals surface area contributed by atoms with Crippen LogP contribution in [0, 0.1) is 0 Å². The van der Waals surface area contributed by atoms with E-state index in [0.29, 0.717) is 5.02 Å². The summed E-state index contributed by atoms with van der Waals surface area (Å²) >= 11 is 5.85. The zero-order valence-electron chi connectivity index (χ0n) is 11.5. The van der Waals surface area contributed by atoms with Gasteiger partial charge in [-0.1, -0.05) is 23.7 Å². The van der Waals surface area contributed by atoms with Gasteiger partial charge in [-0.25, -0.2) is 8.42 Å². The Hall–Kier alpha value is -1.07. The van der Waals surface area contributed by atoms with Gasteiger partial charge in [0, 0.05) is 17.3 Å². The van der Waals surface area contributed by atoms with E-state index >= 15 is 0 Å². The second-order valence-corrected chi connectivity index (χ2v) is 8.18. The highest BCUT2D eigenvalue weighted by atomic mass is 35.5. The first-order valence-corrected chi connectivity index (χ1v) is 8.91. The van der Waals surface area contributed by atoms with Gasteiger partial charge in [0.05, 0.1) is 11.2 Å². The van der Waals surface area contributed by atoms with Crippen LogP contribution in [0.15, 0.2) is 24.3 Å². The van der Waals surface area contributed by atoms with Crippen molar-refractivity contribution < 1.29 is 13.2 Å². The zero-order chi connectivity index (χ0) is 15.0. The number of nitrogens with one attached hydrogen (secondary N) is 1. The van der Waals surface area contributed by atoms with Crippen LogP contribution in [0.2, 0.25) is 5.02 Å². The third-order valence-corrected chi connectivity index (χ3v) is 4.87. The number of benzene rings is 1. The van der Waals surface area contributed by atoms with Gasteiger partial charge in [-0.05, 0) is 37.5 Å². The number of carbonyl (C=O) groups is 1. The summed E-state index contributed by atoms with van der Waals surface area (Å²) in [6.45, 7) is 1.71. The number of rotatable bonds is 5. The van der Waals surface area contributed by atoms with Crippen LogP contribution in [-0.4, -0.2) is 32.4 Å². The Labute approximate surface area is 124 Å². The molecule has 1 aliphatic rings.